The van der Waals surface area contributed by atoms with Crippen LogP contribution in [0.5, 0.6) is 5.75 Å². The molecule has 3 rings (SSSR count). The van der Waals surface area contributed by atoms with Gasteiger partial charge in [-0.15, -0.1) is 12.4 Å². The van der Waals surface area contributed by atoms with Gasteiger partial charge >= 0.3 is 0 Å². The van der Waals surface area contributed by atoms with Gasteiger partial charge in [-0.2, -0.15) is 0 Å². The number of hydrogen-bond acceptors (Lipinski definition) is 3. The van der Waals surface area contributed by atoms with E-state index in [2.05, 4.69) is 60.6 Å². The molecule has 0 amide bonds. The minimum atomic E-state index is -0.286. The van der Waals surface area contributed by atoms with E-state index in [1.807, 2.05) is 35.2 Å². The predicted molar refractivity (Wildman–Crippen MR) is 144 cm³/mol. The fourth-order valence-electron chi connectivity index (χ4n) is 4.98. The fourth-order valence-corrected chi connectivity index (χ4v) is 4.98. The van der Waals surface area contributed by atoms with E-state index in [1.165, 1.54) is 0 Å². The highest BCUT2D eigenvalue weighted by molar-refractivity contribution is 6.01. The number of carbonyl (C=O) groups excluding carboxylic acids is 1. The first-order chi connectivity index (χ1) is 15.3. The lowest BCUT2D eigenvalue weighted by molar-refractivity contribution is 0.0963. The molecule has 34 heavy (non-hydrogen) atoms. The number of Topliss-reactive ketones (excluding diaryl/α,β-unsaturated/α-hetero) is 1. The van der Waals surface area contributed by atoms with Crippen LogP contribution in [0.3, 0.4) is 0 Å². The van der Waals surface area contributed by atoms with Gasteiger partial charge in [0.15, 0.2) is 5.78 Å². The number of rotatable bonds is 6. The number of phenolic OH excluding ortho intramolecular Hbond substituents is 1. The highest BCUT2D eigenvalue weighted by Crippen LogP contribution is 2.40. The Morgan fingerprint density at radius 3 is 2.03 bits per heavy atom. The van der Waals surface area contributed by atoms with Crippen LogP contribution in [0.4, 0.5) is 0 Å². The van der Waals surface area contributed by atoms with Gasteiger partial charge < -0.3 is 10.0 Å². The standard InChI is InChI=1S/C29H40N2O2.ClH/c1-8-12-20-17-31(27(30)25(20)19-13-10-9-11-14-19)18-24(32)21-15-22(28(2,3)4)26(33)23(16-21)29(5,6)7;/h9-11,13-16,20,25,30,33H,8,12,17-18H2,1-7H3;1H/t20-,25+;/m0./s1. The second-order valence-corrected chi connectivity index (χ2v) is 11.5. The van der Waals surface area contributed by atoms with Crippen molar-refractivity contribution in [2.24, 2.45) is 5.92 Å². The van der Waals surface area contributed by atoms with E-state index in [-0.39, 0.29) is 47.2 Å². The number of halogens is 1. The third-order valence-corrected chi connectivity index (χ3v) is 6.76. The van der Waals surface area contributed by atoms with Crippen LogP contribution in [0, 0.1) is 11.3 Å². The highest BCUT2D eigenvalue weighted by atomic mass is 35.5. The van der Waals surface area contributed by atoms with E-state index >= 15 is 0 Å². The Kier molecular flexibility index (Phi) is 8.63. The maximum absolute atomic E-state index is 13.5. The van der Waals surface area contributed by atoms with Gasteiger partial charge in [0.2, 0.25) is 0 Å². The minimum absolute atomic E-state index is 0. The molecule has 2 atom stereocenters. The van der Waals surface area contributed by atoms with Crippen molar-refractivity contribution in [1.29, 1.82) is 5.41 Å². The molecule has 4 nitrogen and oxygen atoms in total. The maximum atomic E-state index is 13.5. The lowest BCUT2D eigenvalue weighted by atomic mass is 9.78. The first-order valence-corrected chi connectivity index (χ1v) is 12.1. The molecule has 1 heterocycles. The van der Waals surface area contributed by atoms with Gasteiger partial charge in [0.05, 0.1) is 6.54 Å². The summed E-state index contributed by atoms with van der Waals surface area (Å²) in [4.78, 5) is 15.5. The highest BCUT2D eigenvalue weighted by Gasteiger charge is 2.38. The lowest BCUT2D eigenvalue weighted by Gasteiger charge is -2.28. The van der Waals surface area contributed by atoms with Gasteiger partial charge in [-0.1, -0.05) is 85.2 Å². The number of hydrogen-bond donors (Lipinski definition) is 2. The van der Waals surface area contributed by atoms with Crippen LogP contribution in [0.1, 0.15) is 94.3 Å². The second kappa shape index (κ2) is 10.5. The van der Waals surface area contributed by atoms with Crippen molar-refractivity contribution in [2.75, 3.05) is 13.1 Å². The lowest BCUT2D eigenvalue weighted by Crippen LogP contribution is -2.32. The van der Waals surface area contributed by atoms with Crippen molar-refractivity contribution < 1.29 is 9.90 Å². The Labute approximate surface area is 211 Å². The Hall–Kier alpha value is -2.33. The summed E-state index contributed by atoms with van der Waals surface area (Å²) >= 11 is 0. The Bertz CT molecular complexity index is 984. The number of ketones is 1. The molecule has 2 aromatic rings. The fraction of sp³-hybridized carbons (Fsp3) is 0.517. The zero-order chi connectivity index (χ0) is 24.6. The molecular weight excluding hydrogens is 444 g/mol. The normalized spacial score (nSPS) is 18.7. The van der Waals surface area contributed by atoms with Crippen molar-refractivity contribution in [2.45, 2.75) is 78.1 Å². The van der Waals surface area contributed by atoms with Crippen molar-refractivity contribution in [1.82, 2.24) is 4.90 Å². The van der Waals surface area contributed by atoms with Crippen molar-refractivity contribution in [3.8, 4) is 5.75 Å². The van der Waals surface area contributed by atoms with E-state index in [4.69, 9.17) is 5.41 Å². The van der Waals surface area contributed by atoms with Crippen LogP contribution >= 0.6 is 12.4 Å². The topological polar surface area (TPSA) is 64.4 Å². The van der Waals surface area contributed by atoms with Gasteiger partial charge in [0, 0.05) is 29.2 Å². The minimum Gasteiger partial charge on any atom is -0.507 e. The van der Waals surface area contributed by atoms with Gasteiger partial charge in [-0.05, 0) is 40.9 Å². The summed E-state index contributed by atoms with van der Waals surface area (Å²) in [6.07, 6.45) is 2.10. The first-order valence-electron chi connectivity index (χ1n) is 12.1. The summed E-state index contributed by atoms with van der Waals surface area (Å²) in [6, 6.07) is 13.9. The molecular formula is C29H41ClN2O2. The number of nitrogens with one attached hydrogen (secondary N) is 1. The molecule has 1 aliphatic heterocycles. The van der Waals surface area contributed by atoms with Crippen LogP contribution < -0.4 is 0 Å². The van der Waals surface area contributed by atoms with E-state index in [0.717, 1.165) is 36.1 Å². The van der Waals surface area contributed by atoms with Gasteiger partial charge in [-0.3, -0.25) is 10.2 Å². The molecule has 0 radical (unpaired) electrons. The summed E-state index contributed by atoms with van der Waals surface area (Å²) in [7, 11) is 0. The summed E-state index contributed by atoms with van der Waals surface area (Å²) in [5.74, 6) is 1.20. The number of amidine groups is 1. The molecule has 5 heteroatoms. The van der Waals surface area contributed by atoms with Gasteiger partial charge in [0.1, 0.15) is 11.6 Å². The molecule has 2 aromatic carbocycles. The summed E-state index contributed by atoms with van der Waals surface area (Å²) < 4.78 is 0. The van der Waals surface area contributed by atoms with Crippen LogP contribution in [0.2, 0.25) is 0 Å². The Balaban J connectivity index is 0.00000408. The van der Waals surface area contributed by atoms with E-state index in [0.29, 0.717) is 17.3 Å². The quantitative estimate of drug-likeness (QED) is 0.430. The average molecular weight is 485 g/mol. The van der Waals surface area contributed by atoms with E-state index in [1.54, 1.807) is 0 Å². The zero-order valence-electron chi connectivity index (χ0n) is 21.7. The molecule has 1 fully saturated rings. The molecule has 2 N–H and O–H groups in total. The number of likely N-dealkylation sites (tertiary alicyclic amines) is 1. The van der Waals surface area contributed by atoms with Crippen molar-refractivity contribution >= 4 is 24.0 Å². The number of nitrogens with zero attached hydrogens (tertiary/aromatic N) is 1. The van der Waals surface area contributed by atoms with Crippen LogP contribution in [0.25, 0.3) is 0 Å². The van der Waals surface area contributed by atoms with E-state index in [9.17, 15) is 9.90 Å². The molecule has 0 aromatic heterocycles. The SMILES string of the molecule is CCC[C@H]1CN(CC(=O)c2cc(C(C)(C)C)c(O)c(C(C)(C)C)c2)C(=N)[C@@H]1c1ccccc1.Cl. The number of phenols is 1. The van der Waals surface area contributed by atoms with E-state index < -0.39 is 0 Å². The maximum Gasteiger partial charge on any atom is 0.182 e. The third-order valence-electron chi connectivity index (χ3n) is 6.76. The zero-order valence-corrected chi connectivity index (χ0v) is 22.6. The largest absolute Gasteiger partial charge is 0.507 e. The predicted octanol–water partition coefficient (Wildman–Crippen LogP) is 7.08. The van der Waals surface area contributed by atoms with Gasteiger partial charge in [0.25, 0.3) is 0 Å². The molecule has 1 saturated heterocycles. The molecule has 0 saturated carbocycles. The number of benzene rings is 2. The van der Waals surface area contributed by atoms with Crippen LogP contribution in [-0.2, 0) is 10.8 Å². The Morgan fingerprint density at radius 2 is 1.56 bits per heavy atom. The number of aromatic hydroxyl groups is 1. The van der Waals surface area contributed by atoms with Gasteiger partial charge in [-0.25, -0.2) is 0 Å². The van der Waals surface area contributed by atoms with Crippen molar-refractivity contribution in [3.05, 3.63) is 64.7 Å². The van der Waals surface area contributed by atoms with Crippen molar-refractivity contribution in [3.63, 3.8) is 0 Å². The summed E-state index contributed by atoms with van der Waals surface area (Å²) in [5.41, 5.74) is 2.79. The third kappa shape index (κ3) is 5.83. The molecule has 0 aliphatic carbocycles. The first kappa shape index (κ1) is 27.9. The molecule has 186 valence electrons. The average Bonchev–Trinajstić information content (AvgIpc) is 3.02. The molecule has 0 unspecified atom stereocenters. The van der Waals surface area contributed by atoms with Crippen LogP contribution in [-0.4, -0.2) is 34.7 Å². The second-order valence-electron chi connectivity index (χ2n) is 11.5. The smallest absolute Gasteiger partial charge is 0.182 e. The Morgan fingerprint density at radius 1 is 1.03 bits per heavy atom. The monoisotopic (exact) mass is 484 g/mol. The number of carbonyl (C=O) groups is 1. The molecule has 1 aliphatic rings. The molecule has 0 spiro atoms. The van der Waals surface area contributed by atoms with Crippen LogP contribution in [0.15, 0.2) is 42.5 Å². The summed E-state index contributed by atoms with van der Waals surface area (Å²) in [6.45, 7) is 15.4. The molecule has 0 bridgehead atoms. The summed E-state index contributed by atoms with van der Waals surface area (Å²) in [5, 5.41) is 19.9.